The van der Waals surface area contributed by atoms with Gasteiger partial charge in [0.1, 0.15) is 0 Å². The molecule has 0 aliphatic heterocycles. The Morgan fingerprint density at radius 2 is 2.19 bits per heavy atom. The van der Waals surface area contributed by atoms with Crippen molar-refractivity contribution in [1.82, 2.24) is 5.32 Å². The first-order valence-corrected chi connectivity index (χ1v) is 6.30. The Labute approximate surface area is 108 Å². The fraction of sp³-hybridized carbons (Fsp3) is 0.200. The van der Waals surface area contributed by atoms with Gasteiger partial charge in [-0.1, -0.05) is 35.0 Å². The molecule has 3 nitrogen and oxygen atoms in total. The predicted octanol–water partition coefficient (Wildman–Crippen LogP) is 3.72. The SMILES string of the molecule is CSC(=Nc1ccc(Cl)c(Cl)c1C)NC#N. The molecule has 1 N–H and O–H groups in total. The summed E-state index contributed by atoms with van der Waals surface area (Å²) >= 11 is 13.2. The first-order valence-electron chi connectivity index (χ1n) is 4.32. The normalized spacial score (nSPS) is 11.1. The highest BCUT2D eigenvalue weighted by Crippen LogP contribution is 2.32. The average Bonchev–Trinajstić information content (AvgIpc) is 2.29. The van der Waals surface area contributed by atoms with E-state index in [0.29, 0.717) is 20.9 Å². The Hall–Kier alpha value is -0.890. The van der Waals surface area contributed by atoms with Crippen LogP contribution < -0.4 is 5.32 Å². The summed E-state index contributed by atoms with van der Waals surface area (Å²) in [7, 11) is 0. The van der Waals surface area contributed by atoms with Crippen LogP contribution in [0.25, 0.3) is 0 Å². The topological polar surface area (TPSA) is 48.2 Å². The molecule has 1 aromatic carbocycles. The first-order chi connectivity index (χ1) is 7.60. The Balaban J connectivity index is 3.15. The number of aliphatic imine (C=N–C) groups is 1. The van der Waals surface area contributed by atoms with Crippen molar-refractivity contribution in [3.8, 4) is 6.19 Å². The molecule has 0 spiro atoms. The van der Waals surface area contributed by atoms with Crippen molar-refractivity contribution in [2.75, 3.05) is 6.26 Å². The number of halogens is 2. The van der Waals surface area contributed by atoms with E-state index >= 15 is 0 Å². The summed E-state index contributed by atoms with van der Waals surface area (Å²) in [5, 5.41) is 12.5. The lowest BCUT2D eigenvalue weighted by atomic mass is 10.2. The van der Waals surface area contributed by atoms with Gasteiger partial charge in [-0.25, -0.2) is 4.99 Å². The zero-order chi connectivity index (χ0) is 12.1. The number of amidine groups is 1. The van der Waals surface area contributed by atoms with Gasteiger partial charge in [-0.15, -0.1) is 0 Å². The third-order valence-electron chi connectivity index (χ3n) is 1.89. The predicted molar refractivity (Wildman–Crippen MR) is 70.6 cm³/mol. The average molecular weight is 274 g/mol. The highest BCUT2D eigenvalue weighted by molar-refractivity contribution is 8.13. The van der Waals surface area contributed by atoms with Crippen molar-refractivity contribution >= 4 is 45.8 Å². The molecule has 0 aliphatic carbocycles. The van der Waals surface area contributed by atoms with E-state index in [9.17, 15) is 0 Å². The van der Waals surface area contributed by atoms with Gasteiger partial charge in [-0.3, -0.25) is 5.32 Å². The summed E-state index contributed by atoms with van der Waals surface area (Å²) in [4.78, 5) is 4.27. The molecular weight excluding hydrogens is 265 g/mol. The lowest BCUT2D eigenvalue weighted by Crippen LogP contribution is -2.12. The maximum Gasteiger partial charge on any atom is 0.183 e. The van der Waals surface area contributed by atoms with Gasteiger partial charge in [0.2, 0.25) is 0 Å². The van der Waals surface area contributed by atoms with Crippen LogP contribution in [-0.2, 0) is 0 Å². The second kappa shape index (κ2) is 6.00. The van der Waals surface area contributed by atoms with Crippen LogP contribution in [0.1, 0.15) is 5.56 Å². The van der Waals surface area contributed by atoms with E-state index in [0.717, 1.165) is 5.56 Å². The van der Waals surface area contributed by atoms with Gasteiger partial charge in [0.05, 0.1) is 15.7 Å². The molecular formula is C10H9Cl2N3S. The molecule has 1 aromatic rings. The third kappa shape index (κ3) is 3.05. The monoisotopic (exact) mass is 273 g/mol. The van der Waals surface area contributed by atoms with Gasteiger partial charge >= 0.3 is 0 Å². The number of nitrogens with one attached hydrogen (secondary N) is 1. The van der Waals surface area contributed by atoms with E-state index in [1.165, 1.54) is 11.8 Å². The minimum Gasteiger partial charge on any atom is -0.271 e. The van der Waals surface area contributed by atoms with E-state index in [1.807, 2.05) is 19.4 Å². The lowest BCUT2D eigenvalue weighted by Gasteiger charge is -2.06. The van der Waals surface area contributed by atoms with Crippen LogP contribution in [0.4, 0.5) is 5.69 Å². The van der Waals surface area contributed by atoms with Crippen LogP contribution >= 0.6 is 35.0 Å². The molecule has 0 bridgehead atoms. The molecule has 1 rings (SSSR count). The molecule has 0 heterocycles. The van der Waals surface area contributed by atoms with Crippen LogP contribution in [-0.4, -0.2) is 11.4 Å². The smallest absolute Gasteiger partial charge is 0.183 e. The highest BCUT2D eigenvalue weighted by Gasteiger charge is 2.06. The Kier molecular flexibility index (Phi) is 4.94. The maximum absolute atomic E-state index is 8.51. The van der Waals surface area contributed by atoms with Crippen molar-refractivity contribution < 1.29 is 0 Å². The van der Waals surface area contributed by atoms with Gasteiger partial charge < -0.3 is 0 Å². The fourth-order valence-corrected chi connectivity index (χ4v) is 1.75. The molecule has 0 aromatic heterocycles. The number of nitrogens with zero attached hydrogens (tertiary/aromatic N) is 2. The molecule has 0 unspecified atom stereocenters. The van der Waals surface area contributed by atoms with Gasteiger partial charge in [0.25, 0.3) is 0 Å². The second-order valence-electron chi connectivity index (χ2n) is 2.86. The van der Waals surface area contributed by atoms with Crippen molar-refractivity contribution in [3.05, 3.63) is 27.7 Å². The maximum atomic E-state index is 8.51. The van der Waals surface area contributed by atoms with Crippen LogP contribution in [0.3, 0.4) is 0 Å². The summed E-state index contributed by atoms with van der Waals surface area (Å²) in [5.41, 5.74) is 1.49. The van der Waals surface area contributed by atoms with E-state index in [2.05, 4.69) is 10.3 Å². The number of nitriles is 1. The van der Waals surface area contributed by atoms with E-state index in [4.69, 9.17) is 28.5 Å². The molecule has 84 valence electrons. The summed E-state index contributed by atoms with van der Waals surface area (Å²) < 4.78 is 0. The number of rotatable bonds is 1. The van der Waals surface area contributed by atoms with Crippen LogP contribution in [0.2, 0.25) is 10.0 Å². The van der Waals surface area contributed by atoms with E-state index in [1.54, 1.807) is 12.1 Å². The quantitative estimate of drug-likeness (QED) is 0.367. The minimum absolute atomic E-state index is 0.486. The molecule has 6 heteroatoms. The summed E-state index contributed by atoms with van der Waals surface area (Å²) in [5.74, 6) is 0. The largest absolute Gasteiger partial charge is 0.271 e. The van der Waals surface area contributed by atoms with Crippen molar-refractivity contribution in [1.29, 1.82) is 5.26 Å². The van der Waals surface area contributed by atoms with Gasteiger partial charge in [-0.05, 0) is 30.9 Å². The Morgan fingerprint density at radius 3 is 2.75 bits per heavy atom. The van der Waals surface area contributed by atoms with E-state index in [-0.39, 0.29) is 0 Å². The molecule has 0 saturated heterocycles. The Morgan fingerprint density at radius 1 is 1.50 bits per heavy atom. The summed E-state index contributed by atoms with van der Waals surface area (Å²) in [6.07, 6.45) is 3.65. The minimum atomic E-state index is 0.486. The van der Waals surface area contributed by atoms with Crippen LogP contribution in [0, 0.1) is 18.4 Å². The summed E-state index contributed by atoms with van der Waals surface area (Å²) in [6.45, 7) is 1.83. The third-order valence-corrected chi connectivity index (χ3v) is 3.37. The molecule has 0 atom stereocenters. The summed E-state index contributed by atoms with van der Waals surface area (Å²) in [6, 6.07) is 3.44. The molecule has 0 aliphatic rings. The van der Waals surface area contributed by atoms with Crippen molar-refractivity contribution in [2.45, 2.75) is 6.92 Å². The zero-order valence-electron chi connectivity index (χ0n) is 8.71. The van der Waals surface area contributed by atoms with Crippen molar-refractivity contribution in [3.63, 3.8) is 0 Å². The Bertz CT molecular complexity index is 466. The van der Waals surface area contributed by atoms with Gasteiger partial charge in [0.15, 0.2) is 11.4 Å². The number of thioether (sulfide) groups is 1. The lowest BCUT2D eigenvalue weighted by molar-refractivity contribution is 1.27. The van der Waals surface area contributed by atoms with Crippen molar-refractivity contribution in [2.24, 2.45) is 4.99 Å². The molecule has 16 heavy (non-hydrogen) atoms. The molecule has 0 radical (unpaired) electrons. The van der Waals surface area contributed by atoms with Crippen LogP contribution in [0.15, 0.2) is 17.1 Å². The van der Waals surface area contributed by atoms with Crippen LogP contribution in [0.5, 0.6) is 0 Å². The highest BCUT2D eigenvalue weighted by atomic mass is 35.5. The zero-order valence-corrected chi connectivity index (χ0v) is 11.0. The molecule has 0 amide bonds. The fourth-order valence-electron chi connectivity index (χ4n) is 1.04. The first kappa shape index (κ1) is 13.2. The molecule has 0 saturated carbocycles. The van der Waals surface area contributed by atoms with Gasteiger partial charge in [0, 0.05) is 0 Å². The standard InChI is InChI=1S/C10H9Cl2N3S/c1-6-8(4-3-7(11)9(6)12)15-10(16-2)14-5-13/h3-4H,1-2H3,(H,14,15). The van der Waals surface area contributed by atoms with E-state index < -0.39 is 0 Å². The second-order valence-corrected chi connectivity index (χ2v) is 4.44. The number of hydrogen-bond acceptors (Lipinski definition) is 3. The number of hydrogen-bond donors (Lipinski definition) is 1. The molecule has 0 fully saturated rings. The van der Waals surface area contributed by atoms with Gasteiger partial charge in [-0.2, -0.15) is 5.26 Å². The number of benzene rings is 1.